The zero-order valence-electron chi connectivity index (χ0n) is 14.5. The van der Waals surface area contributed by atoms with Crippen LogP contribution in [0.2, 0.25) is 0 Å². The van der Waals surface area contributed by atoms with Crippen LogP contribution < -0.4 is 0 Å². The van der Waals surface area contributed by atoms with Gasteiger partial charge >= 0.3 is 0 Å². The van der Waals surface area contributed by atoms with Gasteiger partial charge in [-0.25, -0.2) is 0 Å². The second kappa shape index (κ2) is 13.3. The molecular weight excluding hydrogens is 264 g/mol. The summed E-state index contributed by atoms with van der Waals surface area (Å²) in [6.07, 6.45) is 9.04. The Balaban J connectivity index is 3.56. The van der Waals surface area contributed by atoms with Gasteiger partial charge < -0.3 is 14.9 Å². The summed E-state index contributed by atoms with van der Waals surface area (Å²) in [6, 6.07) is 0. The van der Waals surface area contributed by atoms with E-state index in [0.29, 0.717) is 6.61 Å². The van der Waals surface area contributed by atoms with Gasteiger partial charge in [-0.3, -0.25) is 0 Å². The first-order valence-corrected chi connectivity index (χ1v) is 8.48. The first-order valence-electron chi connectivity index (χ1n) is 8.48. The van der Waals surface area contributed by atoms with E-state index in [9.17, 15) is 0 Å². The lowest BCUT2D eigenvalue weighted by atomic mass is 9.94. The number of aliphatic hydroxyl groups is 2. The maximum Gasteiger partial charge on any atom is 0.100 e. The quantitative estimate of drug-likeness (QED) is 0.400. The Morgan fingerprint density at radius 1 is 1.10 bits per heavy atom. The van der Waals surface area contributed by atoms with Gasteiger partial charge in [0, 0.05) is 0 Å². The summed E-state index contributed by atoms with van der Waals surface area (Å²) in [4.78, 5) is 0. The Hall–Kier alpha value is -0.380. The van der Waals surface area contributed by atoms with E-state index in [0.717, 1.165) is 18.3 Å². The average molecular weight is 300 g/mol. The molecule has 0 heterocycles. The van der Waals surface area contributed by atoms with Crippen molar-refractivity contribution in [1.29, 1.82) is 0 Å². The van der Waals surface area contributed by atoms with Gasteiger partial charge in [0.15, 0.2) is 0 Å². The molecule has 0 aromatic carbocycles. The molecule has 0 aliphatic heterocycles. The summed E-state index contributed by atoms with van der Waals surface area (Å²) in [6.45, 7) is 9.56. The minimum atomic E-state index is -0.759. The Kier molecular flexibility index (Phi) is 13.1. The van der Waals surface area contributed by atoms with E-state index in [1.54, 1.807) is 0 Å². The molecule has 0 aromatic rings. The molecule has 0 bridgehead atoms. The predicted molar refractivity (Wildman–Crippen MR) is 89.4 cm³/mol. The number of allylic oxidation sites excluding steroid dienone is 1. The highest BCUT2D eigenvalue weighted by molar-refractivity contribution is 4.97. The Morgan fingerprint density at radius 2 is 1.76 bits per heavy atom. The van der Waals surface area contributed by atoms with Crippen molar-refractivity contribution in [3.05, 3.63) is 11.6 Å². The minimum absolute atomic E-state index is 0.202. The molecule has 2 atom stereocenters. The summed E-state index contributed by atoms with van der Waals surface area (Å²) in [5, 5.41) is 17.8. The van der Waals surface area contributed by atoms with Crippen LogP contribution in [0.1, 0.15) is 66.2 Å². The van der Waals surface area contributed by atoms with Crippen LogP contribution in [-0.4, -0.2) is 36.1 Å². The third kappa shape index (κ3) is 14.3. The van der Waals surface area contributed by atoms with E-state index < -0.39 is 6.10 Å². The van der Waals surface area contributed by atoms with E-state index in [2.05, 4.69) is 33.8 Å². The highest BCUT2D eigenvalue weighted by atomic mass is 16.5. The van der Waals surface area contributed by atoms with E-state index in [4.69, 9.17) is 14.9 Å². The first kappa shape index (κ1) is 20.6. The molecule has 0 amide bonds. The summed E-state index contributed by atoms with van der Waals surface area (Å²) >= 11 is 0. The SMILES string of the molecule is C/C(=C\COCC(O)CO)CCCC(C)CCCC(C)C. The molecule has 126 valence electrons. The van der Waals surface area contributed by atoms with Crippen LogP contribution in [0.5, 0.6) is 0 Å². The van der Waals surface area contributed by atoms with Gasteiger partial charge in [-0.1, -0.05) is 58.1 Å². The summed E-state index contributed by atoms with van der Waals surface area (Å²) in [5.74, 6) is 1.65. The first-order chi connectivity index (χ1) is 9.95. The number of rotatable bonds is 13. The predicted octanol–water partition coefficient (Wildman–Crippen LogP) is 3.94. The maximum atomic E-state index is 9.14. The normalized spacial score (nSPS) is 15.5. The molecule has 0 fully saturated rings. The van der Waals surface area contributed by atoms with Gasteiger partial charge in [-0.2, -0.15) is 0 Å². The molecule has 2 unspecified atom stereocenters. The zero-order chi connectivity index (χ0) is 16.1. The van der Waals surface area contributed by atoms with Gasteiger partial charge in [-0.05, 0) is 31.6 Å². The van der Waals surface area contributed by atoms with Crippen LogP contribution in [0.4, 0.5) is 0 Å². The molecule has 0 aromatic heterocycles. The molecule has 0 rings (SSSR count). The average Bonchev–Trinajstić information content (AvgIpc) is 2.42. The fraction of sp³-hybridized carbons (Fsp3) is 0.889. The van der Waals surface area contributed by atoms with Crippen molar-refractivity contribution in [2.24, 2.45) is 11.8 Å². The van der Waals surface area contributed by atoms with Crippen LogP contribution in [0.25, 0.3) is 0 Å². The van der Waals surface area contributed by atoms with Crippen molar-refractivity contribution >= 4 is 0 Å². The molecule has 0 aliphatic rings. The van der Waals surface area contributed by atoms with Gasteiger partial charge in [0.05, 0.1) is 19.8 Å². The van der Waals surface area contributed by atoms with Crippen LogP contribution in [-0.2, 0) is 4.74 Å². The number of hydrogen-bond acceptors (Lipinski definition) is 3. The molecule has 0 radical (unpaired) electrons. The van der Waals surface area contributed by atoms with Crippen LogP contribution in [0.3, 0.4) is 0 Å². The summed E-state index contributed by atoms with van der Waals surface area (Å²) in [7, 11) is 0. The van der Waals surface area contributed by atoms with Crippen molar-refractivity contribution in [2.75, 3.05) is 19.8 Å². The molecule has 3 heteroatoms. The van der Waals surface area contributed by atoms with E-state index >= 15 is 0 Å². The minimum Gasteiger partial charge on any atom is -0.394 e. The standard InChI is InChI=1S/C18H36O3/c1-15(2)7-5-8-16(3)9-6-10-17(4)11-12-21-14-18(20)13-19/h11,15-16,18-20H,5-10,12-14H2,1-4H3/b17-11+. The lowest BCUT2D eigenvalue weighted by molar-refractivity contribution is 0.0148. The molecule has 21 heavy (non-hydrogen) atoms. The number of hydrogen-bond donors (Lipinski definition) is 2. The third-order valence-corrected chi connectivity index (χ3v) is 3.82. The van der Waals surface area contributed by atoms with Crippen molar-refractivity contribution in [2.45, 2.75) is 72.3 Å². The Labute approximate surface area is 131 Å². The topological polar surface area (TPSA) is 49.7 Å². The molecule has 0 saturated carbocycles. The second-order valence-corrected chi connectivity index (χ2v) is 6.75. The van der Waals surface area contributed by atoms with Crippen molar-refractivity contribution in [1.82, 2.24) is 0 Å². The van der Waals surface area contributed by atoms with Gasteiger partial charge in [0.2, 0.25) is 0 Å². The van der Waals surface area contributed by atoms with Gasteiger partial charge in [0.25, 0.3) is 0 Å². The fourth-order valence-electron chi connectivity index (χ4n) is 2.31. The number of aliphatic hydroxyl groups excluding tert-OH is 2. The monoisotopic (exact) mass is 300 g/mol. The van der Waals surface area contributed by atoms with E-state index in [1.165, 1.54) is 37.7 Å². The van der Waals surface area contributed by atoms with Gasteiger partial charge in [0.1, 0.15) is 6.10 Å². The van der Waals surface area contributed by atoms with E-state index in [-0.39, 0.29) is 13.2 Å². The van der Waals surface area contributed by atoms with Crippen LogP contribution in [0, 0.1) is 11.8 Å². The smallest absolute Gasteiger partial charge is 0.100 e. The molecule has 0 spiro atoms. The second-order valence-electron chi connectivity index (χ2n) is 6.75. The highest BCUT2D eigenvalue weighted by Crippen LogP contribution is 2.18. The summed E-state index contributed by atoms with van der Waals surface area (Å²) < 4.78 is 5.27. The molecule has 0 saturated heterocycles. The summed E-state index contributed by atoms with van der Waals surface area (Å²) in [5.41, 5.74) is 1.35. The van der Waals surface area contributed by atoms with Crippen molar-refractivity contribution in [3.63, 3.8) is 0 Å². The highest BCUT2D eigenvalue weighted by Gasteiger charge is 2.04. The van der Waals surface area contributed by atoms with Crippen LogP contribution >= 0.6 is 0 Å². The van der Waals surface area contributed by atoms with E-state index in [1.807, 2.05) is 0 Å². The lowest BCUT2D eigenvalue weighted by Crippen LogP contribution is -2.19. The molecule has 2 N–H and O–H groups in total. The number of ether oxygens (including phenoxy) is 1. The Bertz CT molecular complexity index is 261. The van der Waals surface area contributed by atoms with Crippen molar-refractivity contribution < 1.29 is 14.9 Å². The lowest BCUT2D eigenvalue weighted by Gasteiger charge is -2.12. The molecular formula is C18H36O3. The molecule has 3 nitrogen and oxygen atoms in total. The van der Waals surface area contributed by atoms with Crippen LogP contribution in [0.15, 0.2) is 11.6 Å². The van der Waals surface area contributed by atoms with Gasteiger partial charge in [-0.15, -0.1) is 0 Å². The third-order valence-electron chi connectivity index (χ3n) is 3.82. The van der Waals surface area contributed by atoms with Crippen molar-refractivity contribution in [3.8, 4) is 0 Å². The Morgan fingerprint density at radius 3 is 2.38 bits per heavy atom. The zero-order valence-corrected chi connectivity index (χ0v) is 14.5. The maximum absolute atomic E-state index is 9.14. The largest absolute Gasteiger partial charge is 0.394 e. The molecule has 0 aliphatic carbocycles. The fourth-order valence-corrected chi connectivity index (χ4v) is 2.31.